The molecular formula is C10H15N3. The first kappa shape index (κ1) is 8.51. The van der Waals surface area contributed by atoms with Gasteiger partial charge in [-0.25, -0.2) is 0 Å². The summed E-state index contributed by atoms with van der Waals surface area (Å²) in [6.07, 6.45) is 4.19. The van der Waals surface area contributed by atoms with Crippen molar-refractivity contribution in [2.75, 3.05) is 13.1 Å². The quantitative estimate of drug-likeness (QED) is 0.741. The molecule has 3 heteroatoms. The Morgan fingerprint density at radius 3 is 2.77 bits per heavy atom. The lowest BCUT2D eigenvalue weighted by Crippen LogP contribution is -2.33. The first-order valence-electron chi connectivity index (χ1n) is 4.71. The Labute approximate surface area is 78.4 Å². The molecule has 1 aliphatic rings. The molecule has 0 amide bonds. The average molecular weight is 177 g/mol. The summed E-state index contributed by atoms with van der Waals surface area (Å²) in [5.74, 6) is 0. The van der Waals surface area contributed by atoms with E-state index in [2.05, 4.69) is 36.4 Å². The van der Waals surface area contributed by atoms with Gasteiger partial charge in [0.05, 0.1) is 5.69 Å². The number of rotatable bonds is 2. The summed E-state index contributed by atoms with van der Waals surface area (Å²) >= 11 is 0. The molecule has 0 saturated carbocycles. The summed E-state index contributed by atoms with van der Waals surface area (Å²) in [6, 6.07) is 2.51. The van der Waals surface area contributed by atoms with E-state index in [9.17, 15) is 0 Å². The minimum absolute atomic E-state index is 0.451. The van der Waals surface area contributed by atoms with Crippen molar-refractivity contribution < 1.29 is 0 Å². The van der Waals surface area contributed by atoms with Crippen LogP contribution in [0.15, 0.2) is 17.8 Å². The van der Waals surface area contributed by atoms with E-state index in [4.69, 9.17) is 0 Å². The highest BCUT2D eigenvalue weighted by molar-refractivity contribution is 5.51. The molecule has 1 aliphatic heterocycles. The summed E-state index contributed by atoms with van der Waals surface area (Å²) in [4.78, 5) is 0. The van der Waals surface area contributed by atoms with E-state index in [1.165, 1.54) is 5.57 Å². The first-order chi connectivity index (χ1) is 6.25. The van der Waals surface area contributed by atoms with Crippen LogP contribution in [0.5, 0.6) is 0 Å². The van der Waals surface area contributed by atoms with E-state index >= 15 is 0 Å². The standard InChI is InChI=1S/C10H15N3/c1-8(2)13-4-3-10(12-13)5-9-6-11-7-9/h3-5,8,11H,6-7H2,1-2H3. The van der Waals surface area contributed by atoms with Crippen molar-refractivity contribution in [3.63, 3.8) is 0 Å². The SMILES string of the molecule is CC(C)n1ccc(C=C2CNC2)n1. The van der Waals surface area contributed by atoms with Gasteiger partial charge in [0.15, 0.2) is 0 Å². The van der Waals surface area contributed by atoms with Crippen molar-refractivity contribution in [1.82, 2.24) is 15.1 Å². The Hall–Kier alpha value is -1.09. The third-order valence-electron chi connectivity index (χ3n) is 2.21. The molecule has 13 heavy (non-hydrogen) atoms. The second-order valence-electron chi connectivity index (χ2n) is 3.72. The predicted octanol–water partition coefficient (Wildman–Crippen LogP) is 1.45. The van der Waals surface area contributed by atoms with Gasteiger partial charge in [0.1, 0.15) is 0 Å². The molecule has 1 aromatic heterocycles. The Morgan fingerprint density at radius 1 is 1.54 bits per heavy atom. The van der Waals surface area contributed by atoms with Gasteiger partial charge in [-0.15, -0.1) is 0 Å². The Morgan fingerprint density at radius 2 is 2.31 bits per heavy atom. The fourth-order valence-electron chi connectivity index (χ4n) is 1.30. The van der Waals surface area contributed by atoms with Crippen LogP contribution in [-0.4, -0.2) is 22.9 Å². The zero-order valence-electron chi connectivity index (χ0n) is 8.12. The maximum atomic E-state index is 4.44. The lowest BCUT2D eigenvalue weighted by molar-refractivity contribution is 0.531. The summed E-state index contributed by atoms with van der Waals surface area (Å²) in [6.45, 7) is 6.31. The minimum atomic E-state index is 0.451. The van der Waals surface area contributed by atoms with Crippen molar-refractivity contribution in [2.45, 2.75) is 19.9 Å². The largest absolute Gasteiger partial charge is 0.309 e. The van der Waals surface area contributed by atoms with Crippen LogP contribution in [0, 0.1) is 0 Å². The molecule has 0 atom stereocenters. The van der Waals surface area contributed by atoms with Crippen molar-refractivity contribution in [3.8, 4) is 0 Å². The van der Waals surface area contributed by atoms with Gasteiger partial charge >= 0.3 is 0 Å². The van der Waals surface area contributed by atoms with Gasteiger partial charge in [-0.2, -0.15) is 5.10 Å². The fraction of sp³-hybridized carbons (Fsp3) is 0.500. The van der Waals surface area contributed by atoms with Crippen LogP contribution in [0.2, 0.25) is 0 Å². The van der Waals surface area contributed by atoms with E-state index in [1.54, 1.807) is 0 Å². The van der Waals surface area contributed by atoms with Gasteiger partial charge in [-0.1, -0.05) is 0 Å². The van der Waals surface area contributed by atoms with Crippen LogP contribution in [0.3, 0.4) is 0 Å². The topological polar surface area (TPSA) is 29.9 Å². The third kappa shape index (κ3) is 1.80. The summed E-state index contributed by atoms with van der Waals surface area (Å²) in [7, 11) is 0. The number of hydrogen-bond donors (Lipinski definition) is 1. The number of nitrogens with one attached hydrogen (secondary N) is 1. The van der Waals surface area contributed by atoms with Crippen molar-refractivity contribution in [1.29, 1.82) is 0 Å². The molecule has 1 fully saturated rings. The molecule has 0 aliphatic carbocycles. The van der Waals surface area contributed by atoms with Crippen LogP contribution in [-0.2, 0) is 0 Å². The van der Waals surface area contributed by atoms with Gasteiger partial charge in [-0.3, -0.25) is 4.68 Å². The maximum absolute atomic E-state index is 4.44. The lowest BCUT2D eigenvalue weighted by atomic mass is 10.1. The van der Waals surface area contributed by atoms with Gasteiger partial charge < -0.3 is 5.32 Å². The molecule has 0 unspecified atom stereocenters. The van der Waals surface area contributed by atoms with Crippen LogP contribution in [0.1, 0.15) is 25.6 Å². The van der Waals surface area contributed by atoms with Gasteiger partial charge in [0.25, 0.3) is 0 Å². The highest BCUT2D eigenvalue weighted by Crippen LogP contribution is 2.10. The second-order valence-corrected chi connectivity index (χ2v) is 3.72. The van der Waals surface area contributed by atoms with Crippen molar-refractivity contribution in [3.05, 3.63) is 23.5 Å². The number of hydrogen-bond acceptors (Lipinski definition) is 2. The van der Waals surface area contributed by atoms with Crippen LogP contribution < -0.4 is 5.32 Å². The normalized spacial score (nSPS) is 16.1. The molecule has 0 radical (unpaired) electrons. The van der Waals surface area contributed by atoms with E-state index in [1.807, 2.05) is 10.9 Å². The Balaban J connectivity index is 2.13. The minimum Gasteiger partial charge on any atom is -0.309 e. The molecule has 0 aromatic carbocycles. The van der Waals surface area contributed by atoms with Gasteiger partial charge in [0.2, 0.25) is 0 Å². The fourth-order valence-corrected chi connectivity index (χ4v) is 1.30. The Kier molecular flexibility index (Phi) is 2.19. The number of nitrogens with zero attached hydrogens (tertiary/aromatic N) is 2. The van der Waals surface area contributed by atoms with Crippen LogP contribution in [0.25, 0.3) is 6.08 Å². The second kappa shape index (κ2) is 3.34. The molecule has 2 heterocycles. The van der Waals surface area contributed by atoms with Crippen molar-refractivity contribution >= 4 is 6.08 Å². The highest BCUT2D eigenvalue weighted by Gasteiger charge is 2.07. The third-order valence-corrected chi connectivity index (χ3v) is 2.21. The molecule has 0 spiro atoms. The maximum Gasteiger partial charge on any atom is 0.0851 e. The van der Waals surface area contributed by atoms with Crippen LogP contribution >= 0.6 is 0 Å². The predicted molar refractivity (Wildman–Crippen MR) is 53.5 cm³/mol. The summed E-state index contributed by atoms with van der Waals surface area (Å²) < 4.78 is 1.98. The monoisotopic (exact) mass is 177 g/mol. The molecular weight excluding hydrogens is 162 g/mol. The average Bonchev–Trinajstić information content (AvgIpc) is 2.44. The van der Waals surface area contributed by atoms with E-state index < -0.39 is 0 Å². The van der Waals surface area contributed by atoms with E-state index in [-0.39, 0.29) is 0 Å². The summed E-state index contributed by atoms with van der Waals surface area (Å²) in [5, 5.41) is 7.65. The highest BCUT2D eigenvalue weighted by atomic mass is 15.3. The zero-order chi connectivity index (χ0) is 9.26. The zero-order valence-corrected chi connectivity index (χ0v) is 8.12. The molecule has 1 N–H and O–H groups in total. The van der Waals surface area contributed by atoms with E-state index in [0.717, 1.165) is 18.8 Å². The van der Waals surface area contributed by atoms with E-state index in [0.29, 0.717) is 6.04 Å². The molecule has 2 rings (SSSR count). The molecule has 70 valence electrons. The van der Waals surface area contributed by atoms with Gasteiger partial charge in [-0.05, 0) is 31.6 Å². The van der Waals surface area contributed by atoms with Gasteiger partial charge in [0, 0.05) is 25.3 Å². The Bertz CT molecular complexity index is 317. The molecule has 3 nitrogen and oxygen atoms in total. The molecule has 0 bridgehead atoms. The first-order valence-corrected chi connectivity index (χ1v) is 4.71. The summed E-state index contributed by atoms with van der Waals surface area (Å²) in [5.41, 5.74) is 2.51. The smallest absolute Gasteiger partial charge is 0.0851 e. The molecule has 1 saturated heterocycles. The van der Waals surface area contributed by atoms with Crippen LogP contribution in [0.4, 0.5) is 0 Å². The van der Waals surface area contributed by atoms with Crippen molar-refractivity contribution in [2.24, 2.45) is 0 Å². The molecule has 1 aromatic rings. The number of aromatic nitrogens is 2. The lowest BCUT2D eigenvalue weighted by Gasteiger charge is -2.17.